The molecule has 0 aliphatic heterocycles. The molecule has 1 aromatic rings. The van der Waals surface area contributed by atoms with E-state index in [9.17, 15) is 9.59 Å². The molecule has 1 amide bonds. The number of carbonyl (C=O) groups excluding carboxylic acids is 1. The van der Waals surface area contributed by atoms with Crippen LogP contribution in [0.15, 0.2) is 36.4 Å². The fourth-order valence-electron chi connectivity index (χ4n) is 1.81. The molecule has 1 atom stereocenters. The predicted octanol–water partition coefficient (Wildman–Crippen LogP) is 3.46. The number of amides is 1. The largest absolute Gasteiger partial charge is 0.481 e. The number of nitrogens with one attached hydrogen (secondary N) is 1. The van der Waals surface area contributed by atoms with Gasteiger partial charge in [0.25, 0.3) is 0 Å². The van der Waals surface area contributed by atoms with Crippen LogP contribution >= 0.6 is 0 Å². The Morgan fingerprint density at radius 2 is 1.91 bits per heavy atom. The minimum atomic E-state index is -0.964. The lowest BCUT2D eigenvalue weighted by atomic mass is 10.1. The van der Waals surface area contributed by atoms with E-state index in [2.05, 4.69) is 5.32 Å². The van der Waals surface area contributed by atoms with Crippen LogP contribution in [0.2, 0.25) is 0 Å². The van der Waals surface area contributed by atoms with E-state index in [1.165, 1.54) is 0 Å². The van der Waals surface area contributed by atoms with Crippen molar-refractivity contribution >= 4 is 18.1 Å². The molecule has 0 radical (unpaired) electrons. The Morgan fingerprint density at radius 1 is 1.27 bits per heavy atom. The molecule has 5 nitrogen and oxygen atoms in total. The molecule has 1 rings (SSSR count). The molecule has 22 heavy (non-hydrogen) atoms. The number of alkyl carbamates (subject to hydrolysis) is 1. The van der Waals surface area contributed by atoms with Gasteiger partial charge in [0, 0.05) is 6.04 Å². The maximum atomic E-state index is 11.7. The fraction of sp³-hybridized carbons (Fsp3) is 0.412. The van der Waals surface area contributed by atoms with Gasteiger partial charge in [-0.3, -0.25) is 4.79 Å². The normalized spacial score (nSPS) is 12.9. The second-order valence-electron chi connectivity index (χ2n) is 5.99. The summed E-state index contributed by atoms with van der Waals surface area (Å²) in [4.78, 5) is 22.6. The van der Waals surface area contributed by atoms with Gasteiger partial charge in [0.1, 0.15) is 5.60 Å². The van der Waals surface area contributed by atoms with Crippen molar-refractivity contribution in [2.75, 3.05) is 0 Å². The highest BCUT2D eigenvalue weighted by molar-refractivity contribution is 5.71. The van der Waals surface area contributed by atoms with Crippen LogP contribution in [0.3, 0.4) is 0 Å². The maximum absolute atomic E-state index is 11.7. The molecule has 0 saturated heterocycles. The van der Waals surface area contributed by atoms with E-state index in [0.29, 0.717) is 6.42 Å². The summed E-state index contributed by atoms with van der Waals surface area (Å²) in [5.74, 6) is -0.964. The van der Waals surface area contributed by atoms with Gasteiger partial charge in [-0.2, -0.15) is 0 Å². The van der Waals surface area contributed by atoms with E-state index < -0.39 is 23.7 Å². The average molecular weight is 305 g/mol. The first-order chi connectivity index (χ1) is 10.3. The highest BCUT2D eigenvalue weighted by Crippen LogP contribution is 2.09. The number of hydrogen-bond acceptors (Lipinski definition) is 3. The van der Waals surface area contributed by atoms with Crippen LogP contribution in [0, 0.1) is 0 Å². The Morgan fingerprint density at radius 3 is 2.45 bits per heavy atom. The summed E-state index contributed by atoms with van der Waals surface area (Å²) in [6, 6.07) is 9.16. The lowest BCUT2D eigenvalue weighted by Crippen LogP contribution is -2.40. The van der Waals surface area contributed by atoms with E-state index in [-0.39, 0.29) is 6.42 Å². The van der Waals surface area contributed by atoms with Crippen LogP contribution in [-0.4, -0.2) is 28.8 Å². The van der Waals surface area contributed by atoms with Crippen molar-refractivity contribution in [2.24, 2.45) is 0 Å². The number of carboxylic acids is 1. The van der Waals surface area contributed by atoms with Gasteiger partial charge < -0.3 is 15.2 Å². The molecule has 0 unspecified atom stereocenters. The lowest BCUT2D eigenvalue weighted by Gasteiger charge is -2.22. The van der Waals surface area contributed by atoms with Crippen molar-refractivity contribution in [1.29, 1.82) is 0 Å². The van der Waals surface area contributed by atoms with E-state index >= 15 is 0 Å². The lowest BCUT2D eigenvalue weighted by molar-refractivity contribution is -0.137. The monoisotopic (exact) mass is 305 g/mol. The molecule has 5 heteroatoms. The van der Waals surface area contributed by atoms with E-state index in [1.54, 1.807) is 20.8 Å². The van der Waals surface area contributed by atoms with Gasteiger partial charge in [0.2, 0.25) is 0 Å². The molecule has 0 bridgehead atoms. The van der Waals surface area contributed by atoms with Gasteiger partial charge in [0.15, 0.2) is 0 Å². The number of hydrogen-bond donors (Lipinski definition) is 2. The Hall–Kier alpha value is -2.30. The number of rotatable bonds is 6. The zero-order valence-electron chi connectivity index (χ0n) is 13.2. The van der Waals surface area contributed by atoms with Crippen molar-refractivity contribution in [3.8, 4) is 0 Å². The number of carboxylic acid groups (broad SMARTS) is 1. The first-order valence-electron chi connectivity index (χ1n) is 7.19. The standard InChI is InChI=1S/C17H23NO4/c1-17(2,3)22-16(21)18-14(12-15(19)20)11-7-10-13-8-5-4-6-9-13/h4-10,14H,11-12H2,1-3H3,(H,18,21)(H,19,20)/t14-/m0/s1. The summed E-state index contributed by atoms with van der Waals surface area (Å²) >= 11 is 0. The van der Waals surface area contributed by atoms with E-state index in [4.69, 9.17) is 9.84 Å². The molecule has 0 spiro atoms. The fourth-order valence-corrected chi connectivity index (χ4v) is 1.81. The summed E-state index contributed by atoms with van der Waals surface area (Å²) < 4.78 is 5.15. The average Bonchev–Trinajstić information content (AvgIpc) is 2.36. The Labute approximate surface area is 131 Å². The van der Waals surface area contributed by atoms with Crippen LogP contribution in [0.25, 0.3) is 6.08 Å². The number of benzene rings is 1. The molecule has 0 aliphatic rings. The SMILES string of the molecule is CC(C)(C)OC(=O)N[C@@H](CC=Cc1ccccc1)CC(=O)O. The van der Waals surface area contributed by atoms with Gasteiger partial charge in [0.05, 0.1) is 6.42 Å². The first kappa shape index (κ1) is 17.8. The van der Waals surface area contributed by atoms with Gasteiger partial charge in [-0.05, 0) is 32.8 Å². The smallest absolute Gasteiger partial charge is 0.407 e. The van der Waals surface area contributed by atoms with Gasteiger partial charge in [-0.25, -0.2) is 4.79 Å². The van der Waals surface area contributed by atoms with Crippen LogP contribution in [0.5, 0.6) is 0 Å². The number of carbonyl (C=O) groups is 2. The molecule has 120 valence electrons. The third-order valence-electron chi connectivity index (χ3n) is 2.67. The maximum Gasteiger partial charge on any atom is 0.407 e. The van der Waals surface area contributed by atoms with Crippen molar-refractivity contribution in [1.82, 2.24) is 5.32 Å². The van der Waals surface area contributed by atoms with Crippen LogP contribution in [-0.2, 0) is 9.53 Å². The Kier molecular flexibility index (Phi) is 6.63. The zero-order chi connectivity index (χ0) is 16.6. The van der Waals surface area contributed by atoms with Crippen LogP contribution < -0.4 is 5.32 Å². The van der Waals surface area contributed by atoms with Gasteiger partial charge in [-0.1, -0.05) is 42.5 Å². The van der Waals surface area contributed by atoms with Crippen molar-refractivity contribution < 1.29 is 19.4 Å². The topological polar surface area (TPSA) is 75.6 Å². The molecule has 0 saturated carbocycles. The summed E-state index contributed by atoms with van der Waals surface area (Å²) in [6.07, 6.45) is 3.40. The molecule has 0 aliphatic carbocycles. The molecule has 2 N–H and O–H groups in total. The Bertz CT molecular complexity index is 517. The second-order valence-corrected chi connectivity index (χ2v) is 5.99. The second kappa shape index (κ2) is 8.22. The van der Waals surface area contributed by atoms with Gasteiger partial charge in [-0.15, -0.1) is 0 Å². The number of ether oxygens (including phenoxy) is 1. The predicted molar refractivity (Wildman–Crippen MR) is 85.5 cm³/mol. The highest BCUT2D eigenvalue weighted by Gasteiger charge is 2.20. The van der Waals surface area contributed by atoms with Crippen molar-refractivity contribution in [3.05, 3.63) is 42.0 Å². The first-order valence-corrected chi connectivity index (χ1v) is 7.19. The molecule has 0 fully saturated rings. The Balaban J connectivity index is 2.59. The van der Waals surface area contributed by atoms with Gasteiger partial charge >= 0.3 is 12.1 Å². The summed E-state index contributed by atoms with van der Waals surface area (Å²) in [7, 11) is 0. The molecule has 0 aromatic heterocycles. The van der Waals surface area contributed by atoms with Crippen LogP contribution in [0.4, 0.5) is 4.79 Å². The van der Waals surface area contributed by atoms with Crippen molar-refractivity contribution in [2.45, 2.75) is 45.3 Å². The highest BCUT2D eigenvalue weighted by atomic mass is 16.6. The summed E-state index contributed by atoms with van der Waals surface area (Å²) in [5, 5.41) is 11.5. The third kappa shape index (κ3) is 8.09. The molecule has 0 heterocycles. The van der Waals surface area contributed by atoms with E-state index in [1.807, 2.05) is 42.5 Å². The minimum Gasteiger partial charge on any atom is -0.481 e. The third-order valence-corrected chi connectivity index (χ3v) is 2.67. The van der Waals surface area contributed by atoms with Crippen LogP contribution in [0.1, 0.15) is 39.2 Å². The quantitative estimate of drug-likeness (QED) is 0.844. The summed E-state index contributed by atoms with van der Waals surface area (Å²) in [6.45, 7) is 5.27. The molecule has 1 aromatic carbocycles. The molecular formula is C17H23NO4. The zero-order valence-corrected chi connectivity index (χ0v) is 13.2. The molecular weight excluding hydrogens is 282 g/mol. The minimum absolute atomic E-state index is 0.154. The summed E-state index contributed by atoms with van der Waals surface area (Å²) in [5.41, 5.74) is 0.409. The van der Waals surface area contributed by atoms with Crippen molar-refractivity contribution in [3.63, 3.8) is 0 Å². The number of aliphatic carboxylic acids is 1. The van der Waals surface area contributed by atoms with E-state index in [0.717, 1.165) is 5.56 Å².